The molecule has 0 saturated carbocycles. The standard InChI is InChI=1S/C16H25N3/c1-13-7-10-19(11-8-13)12-9-17-16-6-5-14-3-2-4-15(14)18-16/h5-6,13H,2-4,7-12H2,1H3,(H,17,18). The van der Waals surface area contributed by atoms with Crippen LogP contribution in [0.15, 0.2) is 12.1 Å². The van der Waals surface area contributed by atoms with Crippen molar-refractivity contribution in [1.29, 1.82) is 0 Å². The molecule has 1 saturated heterocycles. The molecule has 1 aliphatic carbocycles. The third-order valence-corrected chi connectivity index (χ3v) is 4.54. The van der Waals surface area contributed by atoms with Gasteiger partial charge in [0.2, 0.25) is 0 Å². The molecule has 1 aromatic heterocycles. The summed E-state index contributed by atoms with van der Waals surface area (Å²) in [5.74, 6) is 1.98. The molecule has 1 aromatic rings. The Bertz CT molecular complexity index is 422. The maximum Gasteiger partial charge on any atom is 0.126 e. The molecular formula is C16H25N3. The van der Waals surface area contributed by atoms with Crippen LogP contribution >= 0.6 is 0 Å². The van der Waals surface area contributed by atoms with Gasteiger partial charge < -0.3 is 10.2 Å². The summed E-state index contributed by atoms with van der Waals surface area (Å²) >= 11 is 0. The van der Waals surface area contributed by atoms with Crippen LogP contribution in [0.3, 0.4) is 0 Å². The highest BCUT2D eigenvalue weighted by Crippen LogP contribution is 2.21. The van der Waals surface area contributed by atoms with Gasteiger partial charge in [0.05, 0.1) is 0 Å². The van der Waals surface area contributed by atoms with Crippen LogP contribution in [0, 0.1) is 5.92 Å². The third kappa shape index (κ3) is 3.27. The van der Waals surface area contributed by atoms with Gasteiger partial charge in [-0.1, -0.05) is 13.0 Å². The smallest absolute Gasteiger partial charge is 0.126 e. The van der Waals surface area contributed by atoms with Gasteiger partial charge in [0, 0.05) is 18.8 Å². The van der Waals surface area contributed by atoms with Gasteiger partial charge in [-0.05, 0) is 62.7 Å². The molecule has 0 spiro atoms. The zero-order valence-corrected chi connectivity index (χ0v) is 12.0. The SMILES string of the molecule is CC1CCN(CCNc2ccc3c(n2)CCC3)CC1. The minimum Gasteiger partial charge on any atom is -0.369 e. The Balaban J connectivity index is 1.45. The molecule has 1 aliphatic heterocycles. The Morgan fingerprint density at radius 2 is 2.11 bits per heavy atom. The molecule has 1 N–H and O–H groups in total. The molecule has 19 heavy (non-hydrogen) atoms. The van der Waals surface area contributed by atoms with Crippen molar-refractivity contribution in [3.63, 3.8) is 0 Å². The van der Waals surface area contributed by atoms with Crippen molar-refractivity contribution >= 4 is 5.82 Å². The maximum atomic E-state index is 4.72. The van der Waals surface area contributed by atoms with Crippen LogP contribution in [-0.2, 0) is 12.8 Å². The molecular weight excluding hydrogens is 234 g/mol. The number of anilines is 1. The molecule has 104 valence electrons. The van der Waals surface area contributed by atoms with E-state index in [-0.39, 0.29) is 0 Å². The highest BCUT2D eigenvalue weighted by Gasteiger charge is 2.15. The second-order valence-corrected chi connectivity index (χ2v) is 6.11. The quantitative estimate of drug-likeness (QED) is 0.901. The first-order chi connectivity index (χ1) is 9.31. The van der Waals surface area contributed by atoms with Crippen LogP contribution < -0.4 is 5.32 Å². The fourth-order valence-corrected chi connectivity index (χ4v) is 3.15. The zero-order valence-electron chi connectivity index (χ0n) is 12.0. The first kappa shape index (κ1) is 12.9. The Labute approximate surface area is 116 Å². The van der Waals surface area contributed by atoms with E-state index in [1.54, 1.807) is 0 Å². The first-order valence-corrected chi connectivity index (χ1v) is 7.76. The number of aromatic nitrogens is 1. The van der Waals surface area contributed by atoms with Crippen LogP contribution in [0.25, 0.3) is 0 Å². The van der Waals surface area contributed by atoms with E-state index in [4.69, 9.17) is 4.98 Å². The summed E-state index contributed by atoms with van der Waals surface area (Å²) in [6.45, 7) is 7.05. The van der Waals surface area contributed by atoms with Crippen molar-refractivity contribution in [2.24, 2.45) is 5.92 Å². The van der Waals surface area contributed by atoms with Crippen molar-refractivity contribution in [3.05, 3.63) is 23.4 Å². The first-order valence-electron chi connectivity index (χ1n) is 7.76. The van der Waals surface area contributed by atoms with Crippen molar-refractivity contribution in [2.45, 2.75) is 39.0 Å². The number of hydrogen-bond acceptors (Lipinski definition) is 3. The normalized spacial score (nSPS) is 20.5. The molecule has 0 amide bonds. The van der Waals surface area contributed by atoms with Gasteiger partial charge in [0.1, 0.15) is 5.82 Å². The predicted octanol–water partition coefficient (Wildman–Crippen LogP) is 2.71. The molecule has 0 aromatic carbocycles. The lowest BCUT2D eigenvalue weighted by molar-refractivity contribution is 0.199. The number of pyridine rings is 1. The lowest BCUT2D eigenvalue weighted by Crippen LogP contribution is -2.36. The average Bonchev–Trinajstić information content (AvgIpc) is 2.88. The lowest BCUT2D eigenvalue weighted by Gasteiger charge is -2.30. The van der Waals surface area contributed by atoms with E-state index in [1.807, 2.05) is 0 Å². The highest BCUT2D eigenvalue weighted by molar-refractivity contribution is 5.40. The fourth-order valence-electron chi connectivity index (χ4n) is 3.15. The number of hydrogen-bond donors (Lipinski definition) is 1. The fraction of sp³-hybridized carbons (Fsp3) is 0.688. The zero-order chi connectivity index (χ0) is 13.1. The molecule has 0 bridgehead atoms. The summed E-state index contributed by atoms with van der Waals surface area (Å²) in [6.07, 6.45) is 6.37. The maximum absolute atomic E-state index is 4.72. The van der Waals surface area contributed by atoms with Crippen LogP contribution in [-0.4, -0.2) is 36.1 Å². The summed E-state index contributed by atoms with van der Waals surface area (Å²) in [5.41, 5.74) is 2.77. The molecule has 1 fully saturated rings. The van der Waals surface area contributed by atoms with E-state index in [0.717, 1.165) is 31.2 Å². The number of nitrogens with zero attached hydrogens (tertiary/aromatic N) is 2. The number of fused-ring (bicyclic) bond motifs is 1. The molecule has 3 nitrogen and oxygen atoms in total. The van der Waals surface area contributed by atoms with E-state index in [1.165, 1.54) is 50.0 Å². The van der Waals surface area contributed by atoms with E-state index in [0.29, 0.717) is 0 Å². The monoisotopic (exact) mass is 259 g/mol. The number of likely N-dealkylation sites (tertiary alicyclic amines) is 1. The Kier molecular flexibility index (Phi) is 4.02. The van der Waals surface area contributed by atoms with E-state index in [9.17, 15) is 0 Å². The molecule has 0 atom stereocenters. The minimum absolute atomic E-state index is 0.919. The third-order valence-electron chi connectivity index (χ3n) is 4.54. The number of nitrogens with one attached hydrogen (secondary N) is 1. The van der Waals surface area contributed by atoms with Gasteiger partial charge in [0.25, 0.3) is 0 Å². The van der Waals surface area contributed by atoms with Gasteiger partial charge in [-0.3, -0.25) is 0 Å². The molecule has 0 unspecified atom stereocenters. The van der Waals surface area contributed by atoms with E-state index in [2.05, 4.69) is 29.3 Å². The van der Waals surface area contributed by atoms with Gasteiger partial charge in [0.15, 0.2) is 0 Å². The van der Waals surface area contributed by atoms with E-state index < -0.39 is 0 Å². The van der Waals surface area contributed by atoms with Crippen molar-refractivity contribution in [3.8, 4) is 0 Å². The van der Waals surface area contributed by atoms with Crippen LogP contribution in [0.4, 0.5) is 5.82 Å². The lowest BCUT2D eigenvalue weighted by atomic mass is 9.99. The van der Waals surface area contributed by atoms with Crippen LogP contribution in [0.1, 0.15) is 37.4 Å². The van der Waals surface area contributed by atoms with Crippen LogP contribution in [0.5, 0.6) is 0 Å². The van der Waals surface area contributed by atoms with E-state index >= 15 is 0 Å². The molecule has 0 radical (unpaired) electrons. The molecule has 2 aliphatic rings. The molecule has 2 heterocycles. The Morgan fingerprint density at radius 3 is 2.95 bits per heavy atom. The summed E-state index contributed by atoms with van der Waals surface area (Å²) in [5, 5.41) is 3.48. The van der Waals surface area contributed by atoms with Crippen LogP contribution in [0.2, 0.25) is 0 Å². The predicted molar refractivity (Wildman–Crippen MR) is 79.6 cm³/mol. The van der Waals surface area contributed by atoms with Crippen molar-refractivity contribution in [2.75, 3.05) is 31.5 Å². The topological polar surface area (TPSA) is 28.2 Å². The second-order valence-electron chi connectivity index (χ2n) is 6.11. The van der Waals surface area contributed by atoms with Crippen molar-refractivity contribution < 1.29 is 0 Å². The Morgan fingerprint density at radius 1 is 1.26 bits per heavy atom. The number of rotatable bonds is 4. The second kappa shape index (κ2) is 5.91. The minimum atomic E-state index is 0.919. The summed E-state index contributed by atoms with van der Waals surface area (Å²) < 4.78 is 0. The number of piperidine rings is 1. The average molecular weight is 259 g/mol. The number of aryl methyl sites for hydroxylation is 2. The molecule has 3 heteroatoms. The van der Waals surface area contributed by atoms with Gasteiger partial charge in [-0.2, -0.15) is 0 Å². The van der Waals surface area contributed by atoms with Crippen molar-refractivity contribution in [1.82, 2.24) is 9.88 Å². The highest BCUT2D eigenvalue weighted by atomic mass is 15.1. The Hall–Kier alpha value is -1.09. The summed E-state index contributed by atoms with van der Waals surface area (Å²) in [4.78, 5) is 7.29. The molecule has 3 rings (SSSR count). The van der Waals surface area contributed by atoms with Gasteiger partial charge in [-0.15, -0.1) is 0 Å². The summed E-state index contributed by atoms with van der Waals surface area (Å²) in [6, 6.07) is 4.39. The van der Waals surface area contributed by atoms with Gasteiger partial charge in [-0.25, -0.2) is 4.98 Å². The van der Waals surface area contributed by atoms with Gasteiger partial charge >= 0.3 is 0 Å². The summed E-state index contributed by atoms with van der Waals surface area (Å²) in [7, 11) is 0. The largest absolute Gasteiger partial charge is 0.369 e.